The molecule has 0 bridgehead atoms. The number of aryl methyl sites for hydroxylation is 1. The van der Waals surface area contributed by atoms with Gasteiger partial charge in [-0.2, -0.15) is 0 Å². The van der Waals surface area contributed by atoms with Gasteiger partial charge in [-0.15, -0.1) is 0 Å². The van der Waals surface area contributed by atoms with Crippen molar-refractivity contribution < 1.29 is 13.9 Å². The molecule has 1 saturated heterocycles. The molecule has 1 amide bonds. The lowest BCUT2D eigenvalue weighted by Gasteiger charge is -2.26. The molecule has 0 aliphatic carbocycles. The van der Waals surface area contributed by atoms with Crippen molar-refractivity contribution in [2.75, 3.05) is 26.2 Å². The quantitative estimate of drug-likeness (QED) is 0.696. The number of benzene rings is 1. The average molecular weight is 356 g/mol. The molecule has 0 saturated carbocycles. The third kappa shape index (κ3) is 5.36. The Morgan fingerprint density at radius 3 is 2.85 bits per heavy atom. The van der Waals surface area contributed by atoms with Crippen molar-refractivity contribution in [2.24, 2.45) is 0 Å². The Morgan fingerprint density at radius 2 is 2.12 bits per heavy atom. The van der Waals surface area contributed by atoms with E-state index in [2.05, 4.69) is 10.2 Å². The van der Waals surface area contributed by atoms with E-state index in [1.165, 1.54) is 18.4 Å². The maximum absolute atomic E-state index is 12.2. The summed E-state index contributed by atoms with van der Waals surface area (Å²) >= 11 is 0. The topological polar surface area (TPSA) is 54.7 Å². The monoisotopic (exact) mass is 356 g/mol. The van der Waals surface area contributed by atoms with Crippen molar-refractivity contribution in [1.82, 2.24) is 10.2 Å². The van der Waals surface area contributed by atoms with E-state index in [4.69, 9.17) is 9.15 Å². The van der Waals surface area contributed by atoms with Crippen molar-refractivity contribution in [1.29, 1.82) is 0 Å². The number of rotatable bonds is 9. The summed E-state index contributed by atoms with van der Waals surface area (Å²) in [7, 11) is 0. The lowest BCUT2D eigenvalue weighted by molar-refractivity contribution is -0.121. The molecule has 1 fully saturated rings. The Morgan fingerprint density at radius 1 is 1.27 bits per heavy atom. The van der Waals surface area contributed by atoms with Gasteiger partial charge in [0.2, 0.25) is 5.91 Å². The summed E-state index contributed by atoms with van der Waals surface area (Å²) in [6, 6.07) is 12.0. The first kappa shape index (κ1) is 18.5. The fraction of sp³-hybridized carbons (Fsp3) is 0.476. The number of ether oxygens (including phenoxy) is 1. The molecule has 140 valence electrons. The van der Waals surface area contributed by atoms with Gasteiger partial charge in [-0.3, -0.25) is 9.69 Å². The van der Waals surface area contributed by atoms with E-state index >= 15 is 0 Å². The first-order chi connectivity index (χ1) is 12.7. The molecule has 1 unspecified atom stereocenters. The average Bonchev–Trinajstić information content (AvgIpc) is 3.33. The third-order valence-electron chi connectivity index (χ3n) is 4.75. The molecule has 2 aromatic rings. The molecule has 0 radical (unpaired) electrons. The molecule has 1 aromatic heterocycles. The van der Waals surface area contributed by atoms with Crippen LogP contribution in [0.5, 0.6) is 5.75 Å². The SMILES string of the molecule is Cc1cccc(OCCCC(=O)NCC(c2ccco2)N2CCCC2)c1. The van der Waals surface area contributed by atoms with Crippen LogP contribution in [0.1, 0.15) is 43.0 Å². The molecule has 2 heterocycles. The smallest absolute Gasteiger partial charge is 0.220 e. The Labute approximate surface area is 155 Å². The summed E-state index contributed by atoms with van der Waals surface area (Å²) in [6.45, 7) is 5.29. The largest absolute Gasteiger partial charge is 0.494 e. The molecule has 5 heteroatoms. The number of carbonyl (C=O) groups is 1. The standard InChI is InChI=1S/C21H28N2O3/c1-17-7-4-8-18(15-17)25-13-6-10-21(24)22-16-19(20-9-5-14-26-20)23-11-2-3-12-23/h4-5,7-9,14-15,19H,2-3,6,10-13,16H2,1H3,(H,22,24). The highest BCUT2D eigenvalue weighted by Crippen LogP contribution is 2.24. The van der Waals surface area contributed by atoms with E-state index < -0.39 is 0 Å². The number of hydrogen-bond acceptors (Lipinski definition) is 4. The lowest BCUT2D eigenvalue weighted by Crippen LogP contribution is -2.36. The molecule has 1 atom stereocenters. The Balaban J connectivity index is 1.39. The molecule has 26 heavy (non-hydrogen) atoms. The minimum atomic E-state index is 0.0635. The van der Waals surface area contributed by atoms with Crippen LogP contribution in [0.4, 0.5) is 0 Å². The van der Waals surface area contributed by atoms with E-state index in [-0.39, 0.29) is 11.9 Å². The predicted octanol–water partition coefficient (Wildman–Crippen LogP) is 3.70. The number of hydrogen-bond donors (Lipinski definition) is 1. The van der Waals surface area contributed by atoms with E-state index in [1.54, 1.807) is 6.26 Å². The van der Waals surface area contributed by atoms with Gasteiger partial charge < -0.3 is 14.5 Å². The normalized spacial score (nSPS) is 15.7. The van der Waals surface area contributed by atoms with Crippen molar-refractivity contribution in [3.8, 4) is 5.75 Å². The number of amides is 1. The number of carbonyl (C=O) groups excluding carboxylic acids is 1. The molecule has 1 N–H and O–H groups in total. The Hall–Kier alpha value is -2.27. The summed E-state index contributed by atoms with van der Waals surface area (Å²) in [6.07, 6.45) is 5.29. The maximum atomic E-state index is 12.2. The molecule has 1 aliphatic rings. The summed E-state index contributed by atoms with van der Waals surface area (Å²) < 4.78 is 11.3. The number of nitrogens with one attached hydrogen (secondary N) is 1. The van der Waals surface area contributed by atoms with Crippen LogP contribution >= 0.6 is 0 Å². The maximum Gasteiger partial charge on any atom is 0.220 e. The van der Waals surface area contributed by atoms with Crippen molar-refractivity contribution in [3.63, 3.8) is 0 Å². The van der Waals surface area contributed by atoms with Crippen molar-refractivity contribution in [2.45, 2.75) is 38.6 Å². The lowest BCUT2D eigenvalue weighted by atomic mass is 10.2. The second-order valence-electron chi connectivity index (χ2n) is 6.85. The third-order valence-corrected chi connectivity index (χ3v) is 4.75. The predicted molar refractivity (Wildman–Crippen MR) is 101 cm³/mol. The zero-order valence-electron chi connectivity index (χ0n) is 15.4. The molecule has 3 rings (SSSR count). The van der Waals surface area contributed by atoms with Crippen LogP contribution in [-0.4, -0.2) is 37.0 Å². The Bertz CT molecular complexity index is 678. The fourth-order valence-corrected chi connectivity index (χ4v) is 3.37. The summed E-state index contributed by atoms with van der Waals surface area (Å²) in [5, 5.41) is 3.06. The van der Waals surface area contributed by atoms with Gasteiger partial charge in [0.1, 0.15) is 11.5 Å². The fourth-order valence-electron chi connectivity index (χ4n) is 3.37. The molecule has 0 spiro atoms. The zero-order valence-corrected chi connectivity index (χ0v) is 15.4. The highest BCUT2D eigenvalue weighted by atomic mass is 16.5. The minimum absolute atomic E-state index is 0.0635. The molecule has 5 nitrogen and oxygen atoms in total. The summed E-state index contributed by atoms with van der Waals surface area (Å²) in [4.78, 5) is 14.6. The van der Waals surface area contributed by atoms with Gasteiger partial charge in [0.15, 0.2) is 0 Å². The van der Waals surface area contributed by atoms with Gasteiger partial charge >= 0.3 is 0 Å². The molecule has 1 aromatic carbocycles. The van der Waals surface area contributed by atoms with E-state index in [0.717, 1.165) is 24.6 Å². The van der Waals surface area contributed by atoms with Gasteiger partial charge in [0.05, 0.1) is 18.9 Å². The first-order valence-electron chi connectivity index (χ1n) is 9.46. The summed E-state index contributed by atoms with van der Waals surface area (Å²) in [5.74, 6) is 1.85. The van der Waals surface area contributed by atoms with Crippen molar-refractivity contribution in [3.05, 3.63) is 54.0 Å². The van der Waals surface area contributed by atoms with Gasteiger partial charge in [-0.25, -0.2) is 0 Å². The highest BCUT2D eigenvalue weighted by molar-refractivity contribution is 5.75. The van der Waals surface area contributed by atoms with Crippen LogP contribution in [0, 0.1) is 6.92 Å². The molecular formula is C21H28N2O3. The van der Waals surface area contributed by atoms with Crippen LogP contribution in [0.25, 0.3) is 0 Å². The van der Waals surface area contributed by atoms with E-state index in [0.29, 0.717) is 26.0 Å². The van der Waals surface area contributed by atoms with Gasteiger partial charge in [-0.05, 0) is 69.1 Å². The Kier molecular flexibility index (Phi) is 6.72. The number of nitrogens with zero attached hydrogens (tertiary/aromatic N) is 1. The van der Waals surface area contributed by atoms with Crippen molar-refractivity contribution >= 4 is 5.91 Å². The first-order valence-corrected chi connectivity index (χ1v) is 9.46. The number of furan rings is 1. The van der Waals surface area contributed by atoms with Crippen LogP contribution in [-0.2, 0) is 4.79 Å². The zero-order chi connectivity index (χ0) is 18.2. The van der Waals surface area contributed by atoms with Crippen LogP contribution in [0.3, 0.4) is 0 Å². The van der Waals surface area contributed by atoms with E-state index in [1.807, 2.05) is 43.3 Å². The molecule has 1 aliphatic heterocycles. The van der Waals surface area contributed by atoms with Gasteiger partial charge in [0.25, 0.3) is 0 Å². The van der Waals surface area contributed by atoms with Crippen LogP contribution in [0.15, 0.2) is 47.1 Å². The minimum Gasteiger partial charge on any atom is -0.494 e. The van der Waals surface area contributed by atoms with Gasteiger partial charge in [0, 0.05) is 13.0 Å². The number of likely N-dealkylation sites (tertiary alicyclic amines) is 1. The van der Waals surface area contributed by atoms with Crippen LogP contribution < -0.4 is 10.1 Å². The van der Waals surface area contributed by atoms with Crippen LogP contribution in [0.2, 0.25) is 0 Å². The highest BCUT2D eigenvalue weighted by Gasteiger charge is 2.25. The summed E-state index contributed by atoms with van der Waals surface area (Å²) in [5.41, 5.74) is 1.17. The second-order valence-corrected chi connectivity index (χ2v) is 6.85. The second kappa shape index (κ2) is 9.43. The van der Waals surface area contributed by atoms with E-state index in [9.17, 15) is 4.79 Å². The van der Waals surface area contributed by atoms with Gasteiger partial charge in [-0.1, -0.05) is 12.1 Å². The molecular weight excluding hydrogens is 328 g/mol.